The van der Waals surface area contributed by atoms with Crippen LogP contribution in [-0.2, 0) is 21.9 Å². The lowest BCUT2D eigenvalue weighted by Gasteiger charge is -2.31. The molecule has 5 nitrogen and oxygen atoms in total. The Bertz CT molecular complexity index is 922. The highest BCUT2D eigenvalue weighted by molar-refractivity contribution is 7.99. The van der Waals surface area contributed by atoms with Crippen LogP contribution in [-0.4, -0.2) is 42.2 Å². The fourth-order valence-electron chi connectivity index (χ4n) is 3.24. The smallest absolute Gasteiger partial charge is 0.242 e. The normalized spacial score (nSPS) is 11.8. The lowest BCUT2D eigenvalue weighted by atomic mass is 10.1. The summed E-state index contributed by atoms with van der Waals surface area (Å²) in [6.45, 7) is 6.84. The minimum atomic E-state index is -0.563. The van der Waals surface area contributed by atoms with Crippen molar-refractivity contribution >= 4 is 46.8 Å². The van der Waals surface area contributed by atoms with Gasteiger partial charge in [-0.05, 0) is 47.7 Å². The van der Waals surface area contributed by atoms with Crippen LogP contribution in [0.3, 0.4) is 0 Å². The number of amides is 2. The average molecular weight is 512 g/mol. The molecule has 0 aromatic heterocycles. The second-order valence-corrected chi connectivity index (χ2v) is 9.97. The second kappa shape index (κ2) is 13.7. The number of carbonyl (C=O) groups excluding carboxylic acids is 2. The van der Waals surface area contributed by atoms with E-state index in [9.17, 15) is 9.59 Å². The number of nitrogens with zero attached hydrogens (tertiary/aromatic N) is 1. The van der Waals surface area contributed by atoms with Crippen LogP contribution >= 0.6 is 35.0 Å². The van der Waals surface area contributed by atoms with Gasteiger partial charge in [0.25, 0.3) is 0 Å². The van der Waals surface area contributed by atoms with Crippen LogP contribution in [0.5, 0.6) is 5.75 Å². The highest BCUT2D eigenvalue weighted by atomic mass is 35.5. The van der Waals surface area contributed by atoms with Crippen molar-refractivity contribution in [1.82, 2.24) is 10.2 Å². The van der Waals surface area contributed by atoms with Crippen molar-refractivity contribution in [2.24, 2.45) is 5.92 Å². The number of methoxy groups -OCH3 is 1. The topological polar surface area (TPSA) is 58.6 Å². The number of hydrogen-bond acceptors (Lipinski definition) is 4. The molecule has 33 heavy (non-hydrogen) atoms. The first-order chi connectivity index (χ1) is 15.7. The second-order valence-electron chi connectivity index (χ2n) is 8.17. The molecule has 0 aliphatic carbocycles. The van der Waals surface area contributed by atoms with Crippen molar-refractivity contribution in [1.29, 1.82) is 0 Å². The molecule has 0 unspecified atom stereocenters. The molecule has 1 atom stereocenters. The highest BCUT2D eigenvalue weighted by Gasteiger charge is 2.28. The monoisotopic (exact) mass is 510 g/mol. The fourth-order valence-corrected chi connectivity index (χ4v) is 4.43. The Morgan fingerprint density at radius 2 is 1.73 bits per heavy atom. The Morgan fingerprint density at radius 1 is 1.06 bits per heavy atom. The zero-order chi connectivity index (χ0) is 24.4. The van der Waals surface area contributed by atoms with Crippen LogP contribution in [0.2, 0.25) is 10.0 Å². The molecule has 2 rings (SSSR count). The van der Waals surface area contributed by atoms with Gasteiger partial charge in [-0.3, -0.25) is 9.59 Å². The van der Waals surface area contributed by atoms with E-state index in [2.05, 4.69) is 5.32 Å². The molecule has 0 spiro atoms. The third-order valence-corrected chi connectivity index (χ3v) is 6.79. The maximum absolute atomic E-state index is 13.3. The molecule has 0 bridgehead atoms. The maximum Gasteiger partial charge on any atom is 0.242 e. The van der Waals surface area contributed by atoms with Crippen molar-refractivity contribution in [2.45, 2.75) is 45.5 Å². The van der Waals surface area contributed by atoms with Crippen molar-refractivity contribution in [3.05, 3.63) is 63.6 Å². The van der Waals surface area contributed by atoms with Gasteiger partial charge in [0.15, 0.2) is 0 Å². The average Bonchev–Trinajstić information content (AvgIpc) is 2.80. The number of thioether (sulfide) groups is 1. The quantitative estimate of drug-likeness (QED) is 0.391. The van der Waals surface area contributed by atoms with Gasteiger partial charge in [0.1, 0.15) is 11.8 Å². The van der Waals surface area contributed by atoms with Gasteiger partial charge in [-0.25, -0.2) is 0 Å². The minimum Gasteiger partial charge on any atom is -0.497 e. The number of halogens is 2. The Hall–Kier alpha value is -1.89. The van der Waals surface area contributed by atoms with Gasteiger partial charge in [0, 0.05) is 18.8 Å². The Kier molecular flexibility index (Phi) is 11.4. The third kappa shape index (κ3) is 8.76. The van der Waals surface area contributed by atoms with E-state index in [-0.39, 0.29) is 24.1 Å². The van der Waals surface area contributed by atoms with E-state index in [4.69, 9.17) is 27.9 Å². The van der Waals surface area contributed by atoms with E-state index in [0.717, 1.165) is 16.9 Å². The molecule has 0 saturated heterocycles. The zero-order valence-electron chi connectivity index (χ0n) is 19.6. The predicted molar refractivity (Wildman–Crippen MR) is 138 cm³/mol. The largest absolute Gasteiger partial charge is 0.497 e. The zero-order valence-corrected chi connectivity index (χ0v) is 21.9. The Balaban J connectivity index is 2.13. The number of ether oxygens (including phenoxy) is 1. The fraction of sp³-hybridized carbons (Fsp3) is 0.440. The molecule has 2 aromatic rings. The molecule has 8 heteroatoms. The maximum atomic E-state index is 13.3. The summed E-state index contributed by atoms with van der Waals surface area (Å²) in [6, 6.07) is 12.5. The molecule has 1 N–H and O–H groups in total. The molecule has 2 aromatic carbocycles. The van der Waals surface area contributed by atoms with Crippen LogP contribution in [0, 0.1) is 5.92 Å². The molecule has 0 fully saturated rings. The van der Waals surface area contributed by atoms with Crippen molar-refractivity contribution in [3.63, 3.8) is 0 Å². The van der Waals surface area contributed by atoms with E-state index in [1.807, 2.05) is 51.1 Å². The summed E-state index contributed by atoms with van der Waals surface area (Å²) in [4.78, 5) is 27.8. The molecular formula is C25H32Cl2N2O3S. The number of carbonyl (C=O) groups is 2. The summed E-state index contributed by atoms with van der Waals surface area (Å²) in [5.74, 6) is 1.84. The molecule has 2 amide bonds. The first-order valence-corrected chi connectivity index (χ1v) is 12.9. The summed E-state index contributed by atoms with van der Waals surface area (Å²) >= 11 is 13.8. The third-order valence-electron chi connectivity index (χ3n) is 5.06. The van der Waals surface area contributed by atoms with Gasteiger partial charge in [-0.1, -0.05) is 62.2 Å². The summed E-state index contributed by atoms with van der Waals surface area (Å²) in [5.41, 5.74) is 1.93. The number of rotatable bonds is 12. The van der Waals surface area contributed by atoms with Crippen LogP contribution < -0.4 is 10.1 Å². The van der Waals surface area contributed by atoms with Gasteiger partial charge >= 0.3 is 0 Å². The van der Waals surface area contributed by atoms with E-state index in [1.54, 1.807) is 24.1 Å². The lowest BCUT2D eigenvalue weighted by Crippen LogP contribution is -2.50. The predicted octanol–water partition coefficient (Wildman–Crippen LogP) is 5.81. The Labute approximate surface area is 211 Å². The van der Waals surface area contributed by atoms with Crippen LogP contribution in [0.25, 0.3) is 0 Å². The van der Waals surface area contributed by atoms with Gasteiger partial charge in [-0.15, -0.1) is 11.8 Å². The lowest BCUT2D eigenvalue weighted by molar-refractivity contribution is -0.139. The van der Waals surface area contributed by atoms with Crippen LogP contribution in [0.15, 0.2) is 42.5 Å². The van der Waals surface area contributed by atoms with Gasteiger partial charge in [0.05, 0.1) is 22.9 Å². The van der Waals surface area contributed by atoms with Crippen molar-refractivity contribution < 1.29 is 14.3 Å². The molecule has 0 heterocycles. The first kappa shape index (κ1) is 27.4. The summed E-state index contributed by atoms with van der Waals surface area (Å²) in [6.07, 6.45) is 0.514. The number of nitrogens with one attached hydrogen (secondary N) is 1. The SMILES string of the molecule is CC[C@H](C(=O)NCC(C)C)N(Cc1ccc(Cl)c(Cl)c1)C(=O)CSCc1ccc(OC)cc1. The van der Waals surface area contributed by atoms with Crippen LogP contribution in [0.1, 0.15) is 38.3 Å². The standard InChI is InChI=1S/C25H32Cl2N2O3S/c1-5-23(25(31)28-13-17(2)3)29(14-19-8-11-21(26)22(27)12-19)24(30)16-33-15-18-6-9-20(32-4)10-7-18/h6-12,17,23H,5,13-16H2,1-4H3,(H,28,31)/t23-/m1/s1. The van der Waals surface area contributed by atoms with E-state index in [0.29, 0.717) is 34.7 Å². The van der Waals surface area contributed by atoms with E-state index >= 15 is 0 Å². The molecule has 0 saturated carbocycles. The van der Waals surface area contributed by atoms with Crippen molar-refractivity contribution in [3.8, 4) is 5.75 Å². The van der Waals surface area contributed by atoms with Gasteiger partial charge in [0.2, 0.25) is 11.8 Å². The van der Waals surface area contributed by atoms with Crippen molar-refractivity contribution in [2.75, 3.05) is 19.4 Å². The van der Waals surface area contributed by atoms with Crippen LogP contribution in [0.4, 0.5) is 0 Å². The molecular weight excluding hydrogens is 479 g/mol. The molecule has 0 aliphatic heterocycles. The summed E-state index contributed by atoms with van der Waals surface area (Å²) in [7, 11) is 1.63. The van der Waals surface area contributed by atoms with E-state index < -0.39 is 6.04 Å². The minimum absolute atomic E-state index is 0.0915. The van der Waals surface area contributed by atoms with Gasteiger partial charge < -0.3 is 15.0 Å². The Morgan fingerprint density at radius 3 is 2.30 bits per heavy atom. The number of hydrogen-bond donors (Lipinski definition) is 1. The van der Waals surface area contributed by atoms with E-state index in [1.165, 1.54) is 11.8 Å². The molecule has 0 aliphatic rings. The molecule has 0 radical (unpaired) electrons. The highest BCUT2D eigenvalue weighted by Crippen LogP contribution is 2.25. The number of benzene rings is 2. The summed E-state index contributed by atoms with van der Waals surface area (Å²) < 4.78 is 5.19. The first-order valence-electron chi connectivity index (χ1n) is 11.0. The molecule has 180 valence electrons. The van der Waals surface area contributed by atoms with Gasteiger partial charge in [-0.2, -0.15) is 0 Å². The summed E-state index contributed by atoms with van der Waals surface area (Å²) in [5, 5.41) is 3.85.